The minimum Gasteiger partial charge on any atom is -0.497 e. The van der Waals surface area contributed by atoms with Crippen LogP contribution in [0.15, 0.2) is 77.7 Å². The Hall–Kier alpha value is -3.76. The van der Waals surface area contributed by atoms with Crippen LogP contribution < -0.4 is 19.1 Å². The number of ether oxygens (including phenoxy) is 2. The Morgan fingerprint density at radius 1 is 0.956 bits per heavy atom. The smallest absolute Gasteiger partial charge is 0.264 e. The van der Waals surface area contributed by atoms with Crippen molar-refractivity contribution in [2.45, 2.75) is 75.9 Å². The minimum absolute atomic E-state index is 0.0185. The Bertz CT molecular complexity index is 1530. The second-order valence-electron chi connectivity index (χ2n) is 11.0. The van der Waals surface area contributed by atoms with Crippen LogP contribution in [0.2, 0.25) is 5.02 Å². The molecule has 45 heavy (non-hydrogen) atoms. The van der Waals surface area contributed by atoms with E-state index in [4.69, 9.17) is 21.1 Å². The summed E-state index contributed by atoms with van der Waals surface area (Å²) < 4.78 is 40.2. The van der Waals surface area contributed by atoms with E-state index in [2.05, 4.69) is 5.32 Å². The predicted molar refractivity (Wildman–Crippen MR) is 176 cm³/mol. The van der Waals surface area contributed by atoms with Gasteiger partial charge in [-0.3, -0.25) is 13.9 Å². The van der Waals surface area contributed by atoms with Gasteiger partial charge in [0.25, 0.3) is 10.0 Å². The fraction of sp³-hybridized carbons (Fsp3) is 0.412. The van der Waals surface area contributed by atoms with Crippen molar-refractivity contribution in [1.82, 2.24) is 10.2 Å². The van der Waals surface area contributed by atoms with Gasteiger partial charge < -0.3 is 19.7 Å². The Morgan fingerprint density at radius 3 is 2.27 bits per heavy atom. The number of amides is 2. The summed E-state index contributed by atoms with van der Waals surface area (Å²) in [7, 11) is -2.66. The highest BCUT2D eigenvalue weighted by molar-refractivity contribution is 7.92. The molecule has 2 amide bonds. The molecular weight excluding hydrogens is 614 g/mol. The topological polar surface area (TPSA) is 105 Å². The number of methoxy groups -OCH3 is 1. The summed E-state index contributed by atoms with van der Waals surface area (Å²) in [5.41, 5.74) is 1.03. The summed E-state index contributed by atoms with van der Waals surface area (Å²) in [6.45, 7) is 3.72. The van der Waals surface area contributed by atoms with E-state index in [1.807, 2.05) is 26.0 Å². The van der Waals surface area contributed by atoms with Gasteiger partial charge >= 0.3 is 0 Å². The summed E-state index contributed by atoms with van der Waals surface area (Å²) in [4.78, 5) is 29.5. The van der Waals surface area contributed by atoms with Gasteiger partial charge in [0.15, 0.2) is 0 Å². The van der Waals surface area contributed by atoms with Crippen molar-refractivity contribution in [3.63, 3.8) is 0 Å². The number of nitrogens with one attached hydrogen (secondary N) is 1. The molecule has 242 valence electrons. The zero-order valence-electron chi connectivity index (χ0n) is 26.1. The number of hydrogen-bond acceptors (Lipinski definition) is 6. The number of anilines is 1. The summed E-state index contributed by atoms with van der Waals surface area (Å²) in [6.07, 6.45) is 5.39. The van der Waals surface area contributed by atoms with E-state index in [1.54, 1.807) is 43.5 Å². The van der Waals surface area contributed by atoms with Crippen molar-refractivity contribution in [3.8, 4) is 11.5 Å². The van der Waals surface area contributed by atoms with Crippen LogP contribution in [0, 0.1) is 0 Å². The van der Waals surface area contributed by atoms with Gasteiger partial charge in [-0.05, 0) is 92.4 Å². The Morgan fingerprint density at radius 2 is 1.64 bits per heavy atom. The molecule has 0 spiro atoms. The number of rotatable bonds is 14. The third kappa shape index (κ3) is 8.92. The van der Waals surface area contributed by atoms with Crippen molar-refractivity contribution in [1.29, 1.82) is 0 Å². The first-order valence-corrected chi connectivity index (χ1v) is 17.2. The normalized spacial score (nSPS) is 14.3. The van der Waals surface area contributed by atoms with Gasteiger partial charge in [0.1, 0.15) is 24.1 Å². The summed E-state index contributed by atoms with van der Waals surface area (Å²) in [6, 6.07) is 18.8. The van der Waals surface area contributed by atoms with Gasteiger partial charge in [0.05, 0.1) is 24.3 Å². The van der Waals surface area contributed by atoms with Crippen LogP contribution in [0.1, 0.15) is 57.9 Å². The predicted octanol–water partition coefficient (Wildman–Crippen LogP) is 6.20. The third-order valence-corrected chi connectivity index (χ3v) is 9.98. The average Bonchev–Trinajstić information content (AvgIpc) is 3.04. The van der Waals surface area contributed by atoms with Crippen molar-refractivity contribution in [3.05, 3.63) is 83.4 Å². The standard InChI is InChI=1S/C34H42ClN3O6S/c1-4-32(34(40)36-27-11-7-6-8-12-27)37(23-25-10-9-13-30(22-25)43-3)33(39)24-38(28-16-18-29(19-17-28)44-5-2)45(41,42)31-20-14-26(35)15-21-31/h9-10,13-22,27,32H,4-8,11-12,23-24H2,1-3H3,(H,36,40). The lowest BCUT2D eigenvalue weighted by atomic mass is 9.95. The first-order valence-electron chi connectivity index (χ1n) is 15.4. The maximum absolute atomic E-state index is 14.3. The molecule has 9 nitrogen and oxygen atoms in total. The molecule has 0 saturated heterocycles. The fourth-order valence-corrected chi connectivity index (χ4v) is 7.11. The van der Waals surface area contributed by atoms with E-state index < -0.39 is 28.5 Å². The second kappa shape index (κ2) is 16.0. The zero-order valence-corrected chi connectivity index (χ0v) is 27.6. The SMILES string of the molecule is CCOc1ccc(N(CC(=O)N(Cc2cccc(OC)c2)C(CC)C(=O)NC2CCCCC2)S(=O)(=O)c2ccc(Cl)cc2)cc1. The van der Waals surface area contributed by atoms with E-state index in [0.717, 1.165) is 42.0 Å². The monoisotopic (exact) mass is 655 g/mol. The Labute approximate surface area is 271 Å². The molecule has 1 saturated carbocycles. The molecule has 3 aromatic rings. The van der Waals surface area contributed by atoms with Gasteiger partial charge in [0, 0.05) is 17.6 Å². The van der Waals surface area contributed by atoms with E-state index >= 15 is 0 Å². The fourth-order valence-electron chi connectivity index (χ4n) is 5.57. The zero-order chi connectivity index (χ0) is 32.4. The Balaban J connectivity index is 1.72. The minimum atomic E-state index is -4.22. The highest BCUT2D eigenvalue weighted by Gasteiger charge is 2.34. The number of benzene rings is 3. The number of halogens is 1. The van der Waals surface area contributed by atoms with Crippen LogP contribution >= 0.6 is 11.6 Å². The lowest BCUT2D eigenvalue weighted by Gasteiger charge is -2.34. The van der Waals surface area contributed by atoms with Crippen LogP contribution in [-0.2, 0) is 26.2 Å². The average molecular weight is 656 g/mol. The number of carbonyl (C=O) groups excluding carboxylic acids is 2. The molecule has 1 unspecified atom stereocenters. The molecule has 0 bridgehead atoms. The van der Waals surface area contributed by atoms with Crippen molar-refractivity contribution in [2.75, 3.05) is 24.6 Å². The number of nitrogens with zero attached hydrogens (tertiary/aromatic N) is 2. The molecule has 0 aromatic heterocycles. The van der Waals surface area contributed by atoms with Crippen LogP contribution in [0.5, 0.6) is 11.5 Å². The Kier molecular flexibility index (Phi) is 12.1. The molecule has 0 aliphatic heterocycles. The van der Waals surface area contributed by atoms with Gasteiger partial charge in [-0.15, -0.1) is 0 Å². The first-order chi connectivity index (χ1) is 21.7. The van der Waals surface area contributed by atoms with Crippen molar-refractivity contribution >= 4 is 39.1 Å². The summed E-state index contributed by atoms with van der Waals surface area (Å²) >= 11 is 6.05. The van der Waals surface area contributed by atoms with Crippen LogP contribution in [-0.4, -0.2) is 57.5 Å². The van der Waals surface area contributed by atoms with Gasteiger partial charge in [-0.25, -0.2) is 8.42 Å². The molecule has 4 rings (SSSR count). The van der Waals surface area contributed by atoms with Crippen molar-refractivity contribution in [2.24, 2.45) is 0 Å². The van der Waals surface area contributed by atoms with Crippen LogP contribution in [0.25, 0.3) is 0 Å². The van der Waals surface area contributed by atoms with Gasteiger partial charge in [-0.1, -0.05) is 49.9 Å². The molecule has 0 heterocycles. The maximum atomic E-state index is 14.3. The first kappa shape index (κ1) is 34.1. The molecular formula is C34H42ClN3O6S. The van der Waals surface area contributed by atoms with Crippen molar-refractivity contribution < 1.29 is 27.5 Å². The highest BCUT2D eigenvalue weighted by atomic mass is 35.5. The molecule has 1 aliphatic carbocycles. The van der Waals surface area contributed by atoms with E-state index in [9.17, 15) is 18.0 Å². The quantitative estimate of drug-likeness (QED) is 0.222. The van der Waals surface area contributed by atoms with Gasteiger partial charge in [-0.2, -0.15) is 0 Å². The molecule has 1 aliphatic rings. The second-order valence-corrected chi connectivity index (χ2v) is 13.3. The summed E-state index contributed by atoms with van der Waals surface area (Å²) in [5.74, 6) is 0.422. The number of hydrogen-bond donors (Lipinski definition) is 1. The van der Waals surface area contributed by atoms with E-state index in [-0.39, 0.29) is 29.1 Å². The lowest BCUT2D eigenvalue weighted by Crippen LogP contribution is -2.54. The van der Waals surface area contributed by atoms with Crippen LogP contribution in [0.3, 0.4) is 0 Å². The molecule has 1 N–H and O–H groups in total. The molecule has 3 aromatic carbocycles. The van der Waals surface area contributed by atoms with Gasteiger partial charge in [0.2, 0.25) is 11.8 Å². The molecule has 1 fully saturated rings. The van der Waals surface area contributed by atoms with E-state index in [1.165, 1.54) is 29.2 Å². The number of carbonyl (C=O) groups is 2. The molecule has 1 atom stereocenters. The van der Waals surface area contributed by atoms with Crippen LogP contribution in [0.4, 0.5) is 5.69 Å². The highest BCUT2D eigenvalue weighted by Crippen LogP contribution is 2.28. The summed E-state index contributed by atoms with van der Waals surface area (Å²) in [5, 5.41) is 3.55. The molecule has 0 radical (unpaired) electrons. The number of sulfonamides is 1. The largest absolute Gasteiger partial charge is 0.497 e. The maximum Gasteiger partial charge on any atom is 0.264 e. The third-order valence-electron chi connectivity index (χ3n) is 7.94. The lowest BCUT2D eigenvalue weighted by molar-refractivity contribution is -0.140. The molecule has 11 heteroatoms. The van der Waals surface area contributed by atoms with E-state index in [0.29, 0.717) is 29.5 Å².